The Kier molecular flexibility index (Phi) is 6.37. The fourth-order valence-corrected chi connectivity index (χ4v) is 2.70. The van der Waals surface area contributed by atoms with E-state index < -0.39 is 6.10 Å². The van der Waals surface area contributed by atoms with Crippen LogP contribution in [0.2, 0.25) is 5.02 Å². The van der Waals surface area contributed by atoms with Crippen molar-refractivity contribution in [1.82, 2.24) is 4.90 Å². The number of halogens is 1. The van der Waals surface area contributed by atoms with Crippen molar-refractivity contribution in [3.63, 3.8) is 0 Å². The van der Waals surface area contributed by atoms with E-state index in [9.17, 15) is 4.79 Å². The molecule has 0 N–H and O–H groups in total. The Morgan fingerprint density at radius 2 is 1.78 bits per heavy atom. The van der Waals surface area contributed by atoms with Crippen molar-refractivity contribution in [2.75, 3.05) is 13.3 Å². The lowest BCUT2D eigenvalue weighted by Gasteiger charge is -2.22. The van der Waals surface area contributed by atoms with Gasteiger partial charge < -0.3 is 9.64 Å². The van der Waals surface area contributed by atoms with Crippen LogP contribution in [0.15, 0.2) is 53.4 Å². The molecule has 5 heteroatoms. The first-order chi connectivity index (χ1) is 11.0. The van der Waals surface area contributed by atoms with Crippen LogP contribution in [0.4, 0.5) is 0 Å². The van der Waals surface area contributed by atoms with Crippen LogP contribution in [-0.4, -0.2) is 30.2 Å². The van der Waals surface area contributed by atoms with E-state index in [0.717, 1.165) is 5.56 Å². The summed E-state index contributed by atoms with van der Waals surface area (Å²) in [5.74, 6) is 0.571. The van der Waals surface area contributed by atoms with Gasteiger partial charge >= 0.3 is 0 Å². The summed E-state index contributed by atoms with van der Waals surface area (Å²) < 4.78 is 5.67. The number of hydrogen-bond donors (Lipinski definition) is 0. The van der Waals surface area contributed by atoms with Gasteiger partial charge in [-0.25, -0.2) is 0 Å². The third-order valence-electron chi connectivity index (χ3n) is 3.43. The number of thioether (sulfide) groups is 1. The average Bonchev–Trinajstić information content (AvgIpc) is 2.56. The smallest absolute Gasteiger partial charge is 0.263 e. The van der Waals surface area contributed by atoms with Crippen molar-refractivity contribution >= 4 is 29.3 Å². The molecule has 2 rings (SSSR count). The van der Waals surface area contributed by atoms with Crippen molar-refractivity contribution in [3.8, 4) is 5.75 Å². The number of amides is 1. The number of benzene rings is 2. The third-order valence-corrected chi connectivity index (χ3v) is 4.42. The Balaban J connectivity index is 1.93. The van der Waals surface area contributed by atoms with Crippen LogP contribution in [-0.2, 0) is 11.3 Å². The van der Waals surface area contributed by atoms with Gasteiger partial charge in [-0.2, -0.15) is 0 Å². The number of likely N-dealkylation sites (N-methyl/N-ethyl adjacent to an activating group) is 1. The predicted octanol–water partition coefficient (Wildman–Crippen LogP) is 4.49. The summed E-state index contributed by atoms with van der Waals surface area (Å²) in [6.45, 7) is 2.31. The van der Waals surface area contributed by atoms with Gasteiger partial charge in [0.05, 0.1) is 0 Å². The Morgan fingerprint density at radius 1 is 1.17 bits per heavy atom. The molecule has 1 amide bonds. The Hall–Kier alpha value is -1.65. The quantitative estimate of drug-likeness (QED) is 0.720. The van der Waals surface area contributed by atoms with Gasteiger partial charge in [0.1, 0.15) is 5.75 Å². The summed E-state index contributed by atoms with van der Waals surface area (Å²) in [5.41, 5.74) is 1.09. The maximum Gasteiger partial charge on any atom is 0.263 e. The molecule has 3 nitrogen and oxygen atoms in total. The molecule has 0 saturated carbocycles. The molecule has 122 valence electrons. The largest absolute Gasteiger partial charge is 0.481 e. The monoisotopic (exact) mass is 349 g/mol. The van der Waals surface area contributed by atoms with Crippen molar-refractivity contribution < 1.29 is 9.53 Å². The zero-order valence-corrected chi connectivity index (χ0v) is 15.0. The van der Waals surface area contributed by atoms with Crippen LogP contribution in [0.25, 0.3) is 0 Å². The van der Waals surface area contributed by atoms with E-state index in [-0.39, 0.29) is 5.91 Å². The van der Waals surface area contributed by atoms with Gasteiger partial charge in [-0.05, 0) is 55.1 Å². The van der Waals surface area contributed by atoms with Crippen molar-refractivity contribution in [2.45, 2.75) is 24.5 Å². The van der Waals surface area contributed by atoms with E-state index in [0.29, 0.717) is 17.3 Å². The first-order valence-electron chi connectivity index (χ1n) is 7.29. The highest BCUT2D eigenvalue weighted by molar-refractivity contribution is 7.98. The molecular weight excluding hydrogens is 330 g/mol. The number of ether oxygens (including phenoxy) is 1. The normalized spacial score (nSPS) is 11.8. The van der Waals surface area contributed by atoms with E-state index in [4.69, 9.17) is 16.3 Å². The predicted molar refractivity (Wildman–Crippen MR) is 96.2 cm³/mol. The summed E-state index contributed by atoms with van der Waals surface area (Å²) in [7, 11) is 1.78. The number of hydrogen-bond acceptors (Lipinski definition) is 3. The molecule has 0 spiro atoms. The molecule has 23 heavy (non-hydrogen) atoms. The van der Waals surface area contributed by atoms with Crippen LogP contribution in [0.1, 0.15) is 12.5 Å². The van der Waals surface area contributed by atoms with Crippen LogP contribution < -0.4 is 4.74 Å². The standard InChI is InChI=1S/C18H20ClNO2S/c1-13(22-16-8-6-15(19)7-9-16)18(21)20(2)12-14-4-10-17(23-3)11-5-14/h4-11,13H,12H2,1-3H3. The van der Waals surface area contributed by atoms with Crippen LogP contribution >= 0.6 is 23.4 Å². The highest BCUT2D eigenvalue weighted by Gasteiger charge is 2.19. The van der Waals surface area contributed by atoms with Gasteiger partial charge in [0.2, 0.25) is 0 Å². The van der Waals surface area contributed by atoms with Gasteiger partial charge in [0.25, 0.3) is 5.91 Å². The van der Waals surface area contributed by atoms with Crippen molar-refractivity contribution in [3.05, 3.63) is 59.1 Å². The topological polar surface area (TPSA) is 29.5 Å². The molecule has 0 aliphatic heterocycles. The van der Waals surface area contributed by atoms with Gasteiger partial charge in [-0.3, -0.25) is 4.79 Å². The molecule has 2 aromatic rings. The summed E-state index contributed by atoms with van der Waals surface area (Å²) >= 11 is 7.54. The first kappa shape index (κ1) is 17.7. The zero-order valence-electron chi connectivity index (χ0n) is 13.5. The van der Waals surface area contributed by atoms with E-state index in [1.807, 2.05) is 18.4 Å². The minimum atomic E-state index is -0.549. The lowest BCUT2D eigenvalue weighted by atomic mass is 10.2. The zero-order chi connectivity index (χ0) is 16.8. The second-order valence-electron chi connectivity index (χ2n) is 5.26. The molecule has 0 aliphatic carbocycles. The van der Waals surface area contributed by atoms with E-state index in [1.165, 1.54) is 4.90 Å². The highest BCUT2D eigenvalue weighted by Crippen LogP contribution is 2.18. The van der Waals surface area contributed by atoms with Crippen molar-refractivity contribution in [1.29, 1.82) is 0 Å². The number of carbonyl (C=O) groups is 1. The fourth-order valence-electron chi connectivity index (χ4n) is 2.16. The molecule has 2 aromatic carbocycles. The van der Waals surface area contributed by atoms with Crippen molar-refractivity contribution in [2.24, 2.45) is 0 Å². The first-order valence-corrected chi connectivity index (χ1v) is 8.90. The fraction of sp³-hybridized carbons (Fsp3) is 0.278. The van der Waals surface area contributed by atoms with E-state index in [2.05, 4.69) is 12.1 Å². The van der Waals surface area contributed by atoms with Crippen LogP contribution in [0, 0.1) is 0 Å². The van der Waals surface area contributed by atoms with E-state index >= 15 is 0 Å². The summed E-state index contributed by atoms with van der Waals surface area (Å²) in [5, 5.41) is 0.641. The van der Waals surface area contributed by atoms with E-state index in [1.54, 1.807) is 54.9 Å². The second kappa shape index (κ2) is 8.27. The number of nitrogens with zero attached hydrogens (tertiary/aromatic N) is 1. The SMILES string of the molecule is CSc1ccc(CN(C)C(=O)C(C)Oc2ccc(Cl)cc2)cc1. The lowest BCUT2D eigenvalue weighted by molar-refractivity contribution is -0.137. The Morgan fingerprint density at radius 3 is 2.35 bits per heavy atom. The molecule has 0 radical (unpaired) electrons. The van der Waals surface area contributed by atoms with Gasteiger partial charge in [-0.15, -0.1) is 11.8 Å². The Labute approximate surface area is 146 Å². The second-order valence-corrected chi connectivity index (χ2v) is 6.57. The number of carbonyl (C=O) groups excluding carboxylic acids is 1. The molecular formula is C18H20ClNO2S. The van der Waals surface area contributed by atoms with Crippen LogP contribution in [0.5, 0.6) is 5.75 Å². The molecule has 0 fully saturated rings. The minimum absolute atomic E-state index is 0.0612. The van der Waals surface area contributed by atoms with Gasteiger partial charge in [-0.1, -0.05) is 23.7 Å². The molecule has 0 aromatic heterocycles. The molecule has 0 saturated heterocycles. The molecule has 0 heterocycles. The summed E-state index contributed by atoms with van der Waals surface area (Å²) in [6, 6.07) is 15.2. The molecule has 0 aliphatic rings. The maximum absolute atomic E-state index is 12.4. The molecule has 1 unspecified atom stereocenters. The summed E-state index contributed by atoms with van der Waals surface area (Å²) in [6.07, 6.45) is 1.49. The van der Waals surface area contributed by atoms with Gasteiger partial charge in [0, 0.05) is 23.5 Å². The lowest BCUT2D eigenvalue weighted by Crippen LogP contribution is -2.37. The molecule has 0 bridgehead atoms. The number of rotatable bonds is 6. The minimum Gasteiger partial charge on any atom is -0.481 e. The molecule has 1 atom stereocenters. The highest BCUT2D eigenvalue weighted by atomic mass is 35.5. The Bertz CT molecular complexity index is 643. The maximum atomic E-state index is 12.4. The average molecular weight is 350 g/mol. The summed E-state index contributed by atoms with van der Waals surface area (Å²) in [4.78, 5) is 15.3. The third kappa shape index (κ3) is 5.19. The van der Waals surface area contributed by atoms with Gasteiger partial charge in [0.15, 0.2) is 6.10 Å². The van der Waals surface area contributed by atoms with Crippen LogP contribution in [0.3, 0.4) is 0 Å².